The lowest BCUT2D eigenvalue weighted by atomic mass is 10.1. The van der Waals surface area contributed by atoms with Gasteiger partial charge in [-0.3, -0.25) is 0 Å². The maximum atomic E-state index is 14.5. The highest BCUT2D eigenvalue weighted by Crippen LogP contribution is 2.39. The highest BCUT2D eigenvalue weighted by atomic mass is 35.5. The Morgan fingerprint density at radius 3 is 2.41 bits per heavy atom. The summed E-state index contributed by atoms with van der Waals surface area (Å²) in [6.07, 6.45) is 1.30. The Balaban J connectivity index is 2.42. The number of benzene rings is 1. The van der Waals surface area contributed by atoms with Gasteiger partial charge in [0.1, 0.15) is 40.1 Å². The van der Waals surface area contributed by atoms with Crippen molar-refractivity contribution in [1.82, 2.24) is 14.6 Å². The number of fused-ring (bicyclic) bond motifs is 1. The van der Waals surface area contributed by atoms with Crippen molar-refractivity contribution in [2.45, 2.75) is 13.8 Å². The fourth-order valence-corrected chi connectivity index (χ4v) is 3.27. The number of hydrogen-bond donors (Lipinski definition) is 0. The summed E-state index contributed by atoms with van der Waals surface area (Å²) in [4.78, 5) is 5.82. The molecule has 0 unspecified atom stereocenters. The van der Waals surface area contributed by atoms with E-state index >= 15 is 0 Å². The summed E-state index contributed by atoms with van der Waals surface area (Å²) >= 11 is 6.28. The van der Waals surface area contributed by atoms with E-state index in [1.54, 1.807) is 11.9 Å². The summed E-state index contributed by atoms with van der Waals surface area (Å²) in [6, 6.07) is 3.11. The van der Waals surface area contributed by atoms with Crippen LogP contribution in [0.25, 0.3) is 16.8 Å². The predicted octanol–water partition coefficient (Wildman–Crippen LogP) is 4.43. The summed E-state index contributed by atoms with van der Waals surface area (Å²) in [5.41, 5.74) is -0.229. The van der Waals surface area contributed by atoms with Gasteiger partial charge in [-0.25, -0.2) is 18.2 Å². The molecular weight excluding hydrogens is 379 g/mol. The maximum Gasteiger partial charge on any atom is 0.176 e. The largest absolute Gasteiger partial charge is 0.359 e. The molecule has 0 radical (unpaired) electrons. The van der Waals surface area contributed by atoms with Crippen LogP contribution in [0.1, 0.15) is 19.4 Å². The Bertz CT molecular complexity index is 1050. The Morgan fingerprint density at radius 1 is 1.22 bits per heavy atom. The van der Waals surface area contributed by atoms with E-state index in [-0.39, 0.29) is 33.7 Å². The van der Waals surface area contributed by atoms with Gasteiger partial charge in [-0.2, -0.15) is 14.9 Å². The Kier molecular flexibility index (Phi) is 4.98. The molecule has 0 saturated carbocycles. The fourth-order valence-electron chi connectivity index (χ4n) is 3.01. The fraction of sp³-hybridized carbons (Fsp3) is 0.278. The van der Waals surface area contributed by atoms with Crippen molar-refractivity contribution in [1.29, 1.82) is 5.26 Å². The molecule has 3 aromatic rings. The van der Waals surface area contributed by atoms with Gasteiger partial charge in [0.2, 0.25) is 0 Å². The smallest absolute Gasteiger partial charge is 0.176 e. The van der Waals surface area contributed by atoms with Crippen molar-refractivity contribution in [3.05, 3.63) is 46.5 Å². The van der Waals surface area contributed by atoms with E-state index in [2.05, 4.69) is 10.1 Å². The van der Waals surface area contributed by atoms with Crippen molar-refractivity contribution < 1.29 is 13.2 Å². The van der Waals surface area contributed by atoms with Crippen molar-refractivity contribution >= 4 is 23.1 Å². The summed E-state index contributed by atoms with van der Waals surface area (Å²) in [5, 5.41) is 13.2. The van der Waals surface area contributed by atoms with Crippen LogP contribution < -0.4 is 4.90 Å². The minimum absolute atomic E-state index is 0.0603. The zero-order chi connectivity index (χ0) is 19.9. The molecule has 2 aromatic heterocycles. The van der Waals surface area contributed by atoms with Crippen LogP contribution in [0.2, 0.25) is 5.15 Å². The lowest BCUT2D eigenvalue weighted by Gasteiger charge is -2.25. The molecule has 0 fully saturated rings. The summed E-state index contributed by atoms with van der Waals surface area (Å²) in [7, 11) is 1.71. The highest BCUT2D eigenvalue weighted by Gasteiger charge is 2.27. The van der Waals surface area contributed by atoms with Crippen LogP contribution in [0, 0.1) is 34.7 Å². The van der Waals surface area contributed by atoms with Crippen LogP contribution in [-0.2, 0) is 0 Å². The van der Waals surface area contributed by atoms with Gasteiger partial charge in [-0.05, 0) is 5.92 Å². The molecule has 0 N–H and O–H groups in total. The molecule has 0 saturated heterocycles. The molecule has 0 aliphatic carbocycles. The SMILES string of the molecule is CC(C)CN(C)c1c(-c2c(F)cc(F)cc2F)c(Cl)nc2c(C#N)cnn12. The van der Waals surface area contributed by atoms with E-state index in [1.165, 1.54) is 10.7 Å². The number of hydrogen-bond acceptors (Lipinski definition) is 4. The van der Waals surface area contributed by atoms with Crippen molar-refractivity contribution in [2.24, 2.45) is 5.92 Å². The van der Waals surface area contributed by atoms with E-state index in [9.17, 15) is 18.4 Å². The van der Waals surface area contributed by atoms with Gasteiger partial charge in [0, 0.05) is 25.7 Å². The van der Waals surface area contributed by atoms with E-state index in [0.717, 1.165) is 0 Å². The minimum atomic E-state index is -1.11. The van der Waals surface area contributed by atoms with Gasteiger partial charge in [-0.15, -0.1) is 0 Å². The number of aromatic nitrogens is 3. The predicted molar refractivity (Wildman–Crippen MR) is 96.1 cm³/mol. The van der Waals surface area contributed by atoms with Crippen molar-refractivity contribution in [3.8, 4) is 17.2 Å². The average Bonchev–Trinajstić information content (AvgIpc) is 2.95. The summed E-state index contributed by atoms with van der Waals surface area (Å²) < 4.78 is 43.7. The van der Waals surface area contributed by atoms with E-state index in [1.807, 2.05) is 19.9 Å². The molecule has 27 heavy (non-hydrogen) atoms. The molecule has 0 atom stereocenters. The molecule has 140 valence electrons. The molecule has 0 aliphatic rings. The summed E-state index contributed by atoms with van der Waals surface area (Å²) in [5.74, 6) is -2.80. The molecule has 0 spiro atoms. The molecule has 9 heteroatoms. The van der Waals surface area contributed by atoms with E-state index < -0.39 is 23.0 Å². The lowest BCUT2D eigenvalue weighted by molar-refractivity contribution is 0.547. The molecule has 3 rings (SSSR count). The molecule has 0 bridgehead atoms. The van der Waals surface area contributed by atoms with Crippen LogP contribution in [0.3, 0.4) is 0 Å². The molecular formula is C18H15ClF3N5. The van der Waals surface area contributed by atoms with Crippen LogP contribution >= 0.6 is 11.6 Å². The van der Waals surface area contributed by atoms with Gasteiger partial charge in [0.25, 0.3) is 0 Å². The van der Waals surface area contributed by atoms with Gasteiger partial charge >= 0.3 is 0 Å². The first-order valence-electron chi connectivity index (χ1n) is 8.08. The van der Waals surface area contributed by atoms with Gasteiger partial charge in [0.15, 0.2) is 5.65 Å². The average molecular weight is 394 g/mol. The Labute approximate surface area is 158 Å². The molecule has 0 aliphatic heterocycles. The monoisotopic (exact) mass is 393 g/mol. The second kappa shape index (κ2) is 7.08. The number of anilines is 1. The van der Waals surface area contributed by atoms with E-state index in [0.29, 0.717) is 18.7 Å². The third-order valence-electron chi connectivity index (χ3n) is 3.96. The second-order valence-electron chi connectivity index (χ2n) is 6.53. The minimum Gasteiger partial charge on any atom is -0.359 e. The first-order chi connectivity index (χ1) is 12.7. The Hall–Kier alpha value is -2.79. The van der Waals surface area contributed by atoms with Crippen molar-refractivity contribution in [2.75, 3.05) is 18.5 Å². The van der Waals surface area contributed by atoms with Gasteiger partial charge in [-0.1, -0.05) is 25.4 Å². The zero-order valence-electron chi connectivity index (χ0n) is 14.8. The zero-order valence-corrected chi connectivity index (χ0v) is 15.5. The van der Waals surface area contributed by atoms with Crippen molar-refractivity contribution in [3.63, 3.8) is 0 Å². The van der Waals surface area contributed by atoms with Crippen LogP contribution in [-0.4, -0.2) is 28.2 Å². The number of nitrogens with zero attached hydrogens (tertiary/aromatic N) is 5. The molecule has 0 amide bonds. The number of rotatable bonds is 4. The third-order valence-corrected chi connectivity index (χ3v) is 4.23. The Morgan fingerprint density at radius 2 is 1.85 bits per heavy atom. The number of halogens is 4. The highest BCUT2D eigenvalue weighted by molar-refractivity contribution is 6.33. The topological polar surface area (TPSA) is 57.2 Å². The third kappa shape index (κ3) is 3.30. The quantitative estimate of drug-likeness (QED) is 0.615. The summed E-state index contributed by atoms with van der Waals surface area (Å²) in [6.45, 7) is 4.45. The van der Waals surface area contributed by atoms with Gasteiger partial charge in [0.05, 0.1) is 17.3 Å². The van der Waals surface area contributed by atoms with Gasteiger partial charge < -0.3 is 4.90 Å². The van der Waals surface area contributed by atoms with Crippen LogP contribution in [0.5, 0.6) is 0 Å². The van der Waals surface area contributed by atoms with Crippen LogP contribution in [0.4, 0.5) is 19.0 Å². The lowest BCUT2D eigenvalue weighted by Crippen LogP contribution is -2.26. The number of nitriles is 1. The first-order valence-corrected chi connectivity index (χ1v) is 8.45. The standard InChI is InChI=1S/C18H15ClF3N5/c1-9(2)8-26(3)18-15(14-12(21)4-11(20)5-13(14)22)16(19)25-17-10(6-23)7-24-27(17)18/h4-5,7,9H,8H2,1-3H3. The maximum absolute atomic E-state index is 14.5. The molecule has 1 aromatic carbocycles. The second-order valence-corrected chi connectivity index (χ2v) is 6.88. The molecule has 5 nitrogen and oxygen atoms in total. The molecule has 2 heterocycles. The van der Waals surface area contributed by atoms with Crippen LogP contribution in [0.15, 0.2) is 18.3 Å². The van der Waals surface area contributed by atoms with E-state index in [4.69, 9.17) is 11.6 Å². The first kappa shape index (κ1) is 19.0. The normalized spacial score (nSPS) is 11.2.